The number of benzene rings is 1. The molecule has 5 heteroatoms. The Labute approximate surface area is 124 Å². The molecule has 0 radical (unpaired) electrons. The van der Waals surface area contributed by atoms with E-state index < -0.39 is 0 Å². The molecule has 5 nitrogen and oxygen atoms in total. The second-order valence-corrected chi connectivity index (χ2v) is 6.50. The summed E-state index contributed by atoms with van der Waals surface area (Å²) in [7, 11) is 0. The van der Waals surface area contributed by atoms with Crippen molar-refractivity contribution in [3.05, 3.63) is 17.7 Å². The quantitative estimate of drug-likeness (QED) is 0.741. The monoisotopic (exact) mass is 286 g/mol. The summed E-state index contributed by atoms with van der Waals surface area (Å²) in [5, 5.41) is 6.50. The van der Waals surface area contributed by atoms with Crippen LogP contribution in [0.15, 0.2) is 12.1 Å². The number of anilines is 3. The largest absolute Gasteiger partial charge is 0.397 e. The Hall–Kier alpha value is -1.75. The number of nitrogens with one attached hydrogen (secondary N) is 2. The van der Waals surface area contributed by atoms with Gasteiger partial charge in [-0.15, -0.1) is 0 Å². The van der Waals surface area contributed by atoms with E-state index in [1.807, 2.05) is 6.07 Å². The number of hydrogen-bond donors (Lipinski definition) is 3. The molecule has 2 fully saturated rings. The Morgan fingerprint density at radius 3 is 2.90 bits per heavy atom. The SMILES string of the molecule is Nc1cc2c(cc1NC1CCN(C3CC3)C1)CCC(=O)N2. The second kappa shape index (κ2) is 4.91. The van der Waals surface area contributed by atoms with Gasteiger partial charge >= 0.3 is 0 Å². The highest BCUT2D eigenvalue weighted by molar-refractivity contribution is 5.95. The lowest BCUT2D eigenvalue weighted by Gasteiger charge is -2.22. The van der Waals surface area contributed by atoms with Crippen molar-refractivity contribution in [2.75, 3.05) is 29.5 Å². The molecule has 1 amide bonds. The van der Waals surface area contributed by atoms with Crippen LogP contribution < -0.4 is 16.4 Å². The third-order valence-corrected chi connectivity index (χ3v) is 4.81. The molecule has 1 aromatic carbocycles. The van der Waals surface area contributed by atoms with Gasteiger partial charge in [-0.05, 0) is 43.4 Å². The van der Waals surface area contributed by atoms with Crippen molar-refractivity contribution in [1.82, 2.24) is 4.90 Å². The van der Waals surface area contributed by atoms with Crippen molar-refractivity contribution in [2.24, 2.45) is 0 Å². The molecule has 3 aliphatic rings. The van der Waals surface area contributed by atoms with E-state index in [1.165, 1.54) is 31.4 Å². The number of rotatable bonds is 3. The first-order valence-corrected chi connectivity index (χ1v) is 7.92. The predicted molar refractivity (Wildman–Crippen MR) is 84.4 cm³/mol. The van der Waals surface area contributed by atoms with Gasteiger partial charge in [-0.2, -0.15) is 0 Å². The Bertz CT molecular complexity index is 582. The van der Waals surface area contributed by atoms with Crippen LogP contribution in [0.4, 0.5) is 17.1 Å². The number of hydrogen-bond acceptors (Lipinski definition) is 4. The molecule has 21 heavy (non-hydrogen) atoms. The molecule has 4 rings (SSSR count). The van der Waals surface area contributed by atoms with E-state index >= 15 is 0 Å². The summed E-state index contributed by atoms with van der Waals surface area (Å²) in [6.45, 7) is 2.32. The fraction of sp³-hybridized carbons (Fsp3) is 0.562. The topological polar surface area (TPSA) is 70.4 Å². The molecule has 1 unspecified atom stereocenters. The lowest BCUT2D eigenvalue weighted by atomic mass is 10.0. The summed E-state index contributed by atoms with van der Waals surface area (Å²) >= 11 is 0. The first-order valence-electron chi connectivity index (χ1n) is 7.92. The molecule has 2 aliphatic heterocycles. The zero-order chi connectivity index (χ0) is 14.4. The molecule has 2 heterocycles. The number of nitrogen functional groups attached to an aromatic ring is 1. The number of amides is 1. The summed E-state index contributed by atoms with van der Waals surface area (Å²) in [6, 6.07) is 5.34. The number of aryl methyl sites for hydroxylation is 1. The molecule has 1 saturated heterocycles. The zero-order valence-electron chi connectivity index (χ0n) is 12.2. The van der Waals surface area contributed by atoms with Gasteiger partial charge in [-0.1, -0.05) is 0 Å². The molecular weight excluding hydrogens is 264 g/mol. The standard InChI is InChI=1S/C16H22N4O/c17-13-8-14-10(1-4-16(21)19-14)7-15(13)18-11-5-6-20(9-11)12-2-3-12/h7-8,11-12,18H,1-6,9,17H2,(H,19,21). The lowest BCUT2D eigenvalue weighted by Crippen LogP contribution is -2.28. The Kier molecular flexibility index (Phi) is 3.03. The van der Waals surface area contributed by atoms with E-state index in [1.54, 1.807) is 0 Å². The van der Waals surface area contributed by atoms with Crippen molar-refractivity contribution in [3.8, 4) is 0 Å². The van der Waals surface area contributed by atoms with Gasteiger partial charge in [-0.3, -0.25) is 9.69 Å². The minimum Gasteiger partial charge on any atom is -0.397 e. The Balaban J connectivity index is 1.49. The maximum Gasteiger partial charge on any atom is 0.224 e. The summed E-state index contributed by atoms with van der Waals surface area (Å²) in [5.41, 5.74) is 9.95. The average molecular weight is 286 g/mol. The Morgan fingerprint density at radius 2 is 2.10 bits per heavy atom. The maximum atomic E-state index is 11.4. The van der Waals surface area contributed by atoms with E-state index in [4.69, 9.17) is 5.73 Å². The van der Waals surface area contributed by atoms with Crippen LogP contribution >= 0.6 is 0 Å². The summed E-state index contributed by atoms with van der Waals surface area (Å²) in [4.78, 5) is 14.0. The van der Waals surface area contributed by atoms with Gasteiger partial charge < -0.3 is 16.4 Å². The summed E-state index contributed by atoms with van der Waals surface area (Å²) in [6.07, 6.45) is 5.29. The van der Waals surface area contributed by atoms with E-state index in [9.17, 15) is 4.79 Å². The summed E-state index contributed by atoms with van der Waals surface area (Å²) < 4.78 is 0. The van der Waals surface area contributed by atoms with Crippen molar-refractivity contribution >= 4 is 23.0 Å². The number of nitrogens with two attached hydrogens (primary N) is 1. The molecule has 1 saturated carbocycles. The average Bonchev–Trinajstić information content (AvgIpc) is 3.20. The van der Waals surface area contributed by atoms with Crippen molar-refractivity contribution in [2.45, 2.75) is 44.2 Å². The van der Waals surface area contributed by atoms with E-state index in [0.717, 1.165) is 36.1 Å². The van der Waals surface area contributed by atoms with Gasteiger partial charge in [0.05, 0.1) is 11.4 Å². The highest BCUT2D eigenvalue weighted by Gasteiger charge is 2.34. The van der Waals surface area contributed by atoms with Gasteiger partial charge in [0.2, 0.25) is 5.91 Å². The molecule has 1 aromatic rings. The van der Waals surface area contributed by atoms with Crippen LogP contribution in [0.5, 0.6) is 0 Å². The van der Waals surface area contributed by atoms with Crippen LogP contribution in [0.2, 0.25) is 0 Å². The third-order valence-electron chi connectivity index (χ3n) is 4.81. The van der Waals surface area contributed by atoms with Crippen LogP contribution in [-0.4, -0.2) is 36.0 Å². The highest BCUT2D eigenvalue weighted by atomic mass is 16.1. The van der Waals surface area contributed by atoms with Gasteiger partial charge in [0.1, 0.15) is 0 Å². The van der Waals surface area contributed by atoms with Crippen molar-refractivity contribution in [3.63, 3.8) is 0 Å². The smallest absolute Gasteiger partial charge is 0.224 e. The molecular formula is C16H22N4O. The van der Waals surface area contributed by atoms with Crippen molar-refractivity contribution in [1.29, 1.82) is 0 Å². The van der Waals surface area contributed by atoms with Gasteiger partial charge in [0.15, 0.2) is 0 Å². The first-order chi connectivity index (χ1) is 10.2. The van der Waals surface area contributed by atoms with Crippen LogP contribution in [0.3, 0.4) is 0 Å². The zero-order valence-corrected chi connectivity index (χ0v) is 12.2. The lowest BCUT2D eigenvalue weighted by molar-refractivity contribution is -0.116. The van der Waals surface area contributed by atoms with Gasteiger partial charge in [0.25, 0.3) is 0 Å². The highest BCUT2D eigenvalue weighted by Crippen LogP contribution is 2.34. The molecule has 112 valence electrons. The van der Waals surface area contributed by atoms with Crippen LogP contribution in [0, 0.1) is 0 Å². The van der Waals surface area contributed by atoms with Gasteiger partial charge in [-0.25, -0.2) is 0 Å². The minimum absolute atomic E-state index is 0.0819. The number of likely N-dealkylation sites (tertiary alicyclic amines) is 1. The number of carbonyl (C=O) groups is 1. The molecule has 1 atom stereocenters. The van der Waals surface area contributed by atoms with Crippen molar-refractivity contribution < 1.29 is 4.79 Å². The minimum atomic E-state index is 0.0819. The summed E-state index contributed by atoms with van der Waals surface area (Å²) in [5.74, 6) is 0.0819. The van der Waals surface area contributed by atoms with Crippen LogP contribution in [-0.2, 0) is 11.2 Å². The number of nitrogens with zero attached hydrogens (tertiary/aromatic N) is 1. The fourth-order valence-electron chi connectivity index (χ4n) is 3.47. The molecule has 0 spiro atoms. The predicted octanol–water partition coefficient (Wildman–Crippen LogP) is 1.80. The fourth-order valence-corrected chi connectivity index (χ4v) is 3.47. The molecule has 4 N–H and O–H groups in total. The molecule has 0 aromatic heterocycles. The molecule has 0 bridgehead atoms. The maximum absolute atomic E-state index is 11.4. The number of fused-ring (bicyclic) bond motifs is 1. The molecule has 1 aliphatic carbocycles. The normalized spacial score (nSPS) is 25.5. The van der Waals surface area contributed by atoms with E-state index in [0.29, 0.717) is 12.5 Å². The van der Waals surface area contributed by atoms with Crippen LogP contribution in [0.1, 0.15) is 31.2 Å². The Morgan fingerprint density at radius 1 is 1.24 bits per heavy atom. The second-order valence-electron chi connectivity index (χ2n) is 6.50. The van der Waals surface area contributed by atoms with E-state index in [2.05, 4.69) is 21.6 Å². The van der Waals surface area contributed by atoms with Gasteiger partial charge in [0, 0.05) is 37.3 Å². The third kappa shape index (κ3) is 2.58. The first kappa shape index (κ1) is 13.0. The van der Waals surface area contributed by atoms with Crippen LogP contribution in [0.25, 0.3) is 0 Å². The van der Waals surface area contributed by atoms with E-state index in [-0.39, 0.29) is 5.91 Å². The number of carbonyl (C=O) groups excluding carboxylic acids is 1.